The molecule has 3 aromatic carbocycles. The van der Waals surface area contributed by atoms with E-state index in [9.17, 15) is 27.6 Å². The first-order valence-corrected chi connectivity index (χ1v) is 9.59. The molecule has 0 spiro atoms. The van der Waals surface area contributed by atoms with Gasteiger partial charge in [-0.15, -0.1) is 0 Å². The molecule has 0 saturated heterocycles. The molecule has 0 radical (unpaired) electrons. The Morgan fingerprint density at radius 3 is 2.30 bits per heavy atom. The highest BCUT2D eigenvalue weighted by molar-refractivity contribution is 6.01. The second kappa shape index (κ2) is 8.59. The van der Waals surface area contributed by atoms with Gasteiger partial charge in [0.05, 0.1) is 11.1 Å². The number of halogens is 4. The fourth-order valence-electron chi connectivity index (χ4n) is 3.33. The molecular weight excluding hydrogens is 436 g/mol. The largest absolute Gasteiger partial charge is 0.416 e. The molecule has 0 atom stereocenters. The van der Waals surface area contributed by atoms with E-state index in [1.165, 1.54) is 24.3 Å². The van der Waals surface area contributed by atoms with Crippen LogP contribution in [0.5, 0.6) is 0 Å². The van der Waals surface area contributed by atoms with Crippen LogP contribution in [0.25, 0.3) is 22.0 Å². The van der Waals surface area contributed by atoms with Gasteiger partial charge in [-0.05, 0) is 59.7 Å². The summed E-state index contributed by atoms with van der Waals surface area (Å²) in [6.07, 6.45) is -4.53. The van der Waals surface area contributed by atoms with Crippen LogP contribution in [-0.4, -0.2) is 11.0 Å². The monoisotopic (exact) mass is 450 g/mol. The molecule has 164 valence electrons. The standard InChI is InChI=1S/C24H14F4N4O/c25-16-7-8-20-21(12-19(13-29)30-22(20)11-16)14-3-1-5-17(9-14)31-23(33)32-18-6-2-4-15(10-18)24(26,27)28/h1-12H,(H2,31,32,33). The van der Waals surface area contributed by atoms with Gasteiger partial charge in [0.15, 0.2) is 0 Å². The summed E-state index contributed by atoms with van der Waals surface area (Å²) in [5, 5.41) is 14.8. The zero-order valence-electron chi connectivity index (χ0n) is 16.7. The molecule has 5 nitrogen and oxygen atoms in total. The summed E-state index contributed by atoms with van der Waals surface area (Å²) in [7, 11) is 0. The summed E-state index contributed by atoms with van der Waals surface area (Å²) < 4.78 is 52.3. The molecule has 2 N–H and O–H groups in total. The highest BCUT2D eigenvalue weighted by Crippen LogP contribution is 2.32. The summed E-state index contributed by atoms with van der Waals surface area (Å²) in [5.41, 5.74) is 1.12. The van der Waals surface area contributed by atoms with Crippen LogP contribution in [0.3, 0.4) is 0 Å². The van der Waals surface area contributed by atoms with Crippen molar-refractivity contribution in [3.05, 3.63) is 89.9 Å². The van der Waals surface area contributed by atoms with Crippen molar-refractivity contribution in [1.29, 1.82) is 5.26 Å². The molecule has 4 rings (SSSR count). The van der Waals surface area contributed by atoms with Gasteiger partial charge in [0.2, 0.25) is 0 Å². The number of hydrogen-bond acceptors (Lipinski definition) is 3. The average molecular weight is 450 g/mol. The molecule has 2 amide bonds. The van der Waals surface area contributed by atoms with Gasteiger partial charge in [-0.2, -0.15) is 18.4 Å². The number of fused-ring (bicyclic) bond motifs is 1. The maximum atomic E-state index is 13.6. The zero-order valence-corrected chi connectivity index (χ0v) is 16.7. The van der Waals surface area contributed by atoms with Crippen LogP contribution in [-0.2, 0) is 6.18 Å². The lowest BCUT2D eigenvalue weighted by molar-refractivity contribution is -0.137. The lowest BCUT2D eigenvalue weighted by atomic mass is 9.99. The Hall–Kier alpha value is -4.45. The van der Waals surface area contributed by atoms with Gasteiger partial charge < -0.3 is 10.6 Å². The summed E-state index contributed by atoms with van der Waals surface area (Å²) in [4.78, 5) is 16.5. The smallest absolute Gasteiger partial charge is 0.308 e. The van der Waals surface area contributed by atoms with E-state index >= 15 is 0 Å². The van der Waals surface area contributed by atoms with Crippen LogP contribution in [0.1, 0.15) is 11.3 Å². The van der Waals surface area contributed by atoms with E-state index in [4.69, 9.17) is 0 Å². The molecular formula is C24H14F4N4O. The first-order valence-electron chi connectivity index (χ1n) is 9.59. The fraction of sp³-hybridized carbons (Fsp3) is 0.0417. The number of carbonyl (C=O) groups is 1. The SMILES string of the molecule is N#Cc1cc(-c2cccc(NC(=O)Nc3cccc(C(F)(F)F)c3)c2)c2ccc(F)cc2n1. The summed E-state index contributed by atoms with van der Waals surface area (Å²) >= 11 is 0. The van der Waals surface area contributed by atoms with Gasteiger partial charge >= 0.3 is 12.2 Å². The number of nitrogens with one attached hydrogen (secondary N) is 2. The molecule has 1 aromatic heterocycles. The van der Waals surface area contributed by atoms with Crippen LogP contribution < -0.4 is 10.6 Å². The van der Waals surface area contributed by atoms with Gasteiger partial charge in [0, 0.05) is 22.8 Å². The van der Waals surface area contributed by atoms with E-state index in [0.29, 0.717) is 27.7 Å². The van der Waals surface area contributed by atoms with E-state index in [-0.39, 0.29) is 11.4 Å². The van der Waals surface area contributed by atoms with Crippen molar-refractivity contribution in [2.45, 2.75) is 6.18 Å². The summed E-state index contributed by atoms with van der Waals surface area (Å²) in [5.74, 6) is -0.488. The second-order valence-electron chi connectivity index (χ2n) is 7.07. The Balaban J connectivity index is 1.61. The highest BCUT2D eigenvalue weighted by atomic mass is 19.4. The van der Waals surface area contributed by atoms with Crippen molar-refractivity contribution in [2.24, 2.45) is 0 Å². The van der Waals surface area contributed by atoms with Crippen molar-refractivity contribution < 1.29 is 22.4 Å². The first kappa shape index (κ1) is 21.8. The lowest BCUT2D eigenvalue weighted by Gasteiger charge is -2.12. The van der Waals surface area contributed by atoms with Gasteiger partial charge in [0.25, 0.3) is 0 Å². The quantitative estimate of drug-likeness (QED) is 0.346. The van der Waals surface area contributed by atoms with Crippen LogP contribution in [0.4, 0.5) is 33.7 Å². The molecule has 9 heteroatoms. The molecule has 1 heterocycles. The number of amides is 2. The Morgan fingerprint density at radius 2 is 1.61 bits per heavy atom. The molecule has 0 aliphatic carbocycles. The number of anilines is 2. The normalized spacial score (nSPS) is 11.1. The third-order valence-electron chi connectivity index (χ3n) is 4.77. The number of alkyl halides is 3. The fourth-order valence-corrected chi connectivity index (χ4v) is 3.33. The molecule has 0 aliphatic heterocycles. The third-order valence-corrected chi connectivity index (χ3v) is 4.77. The topological polar surface area (TPSA) is 77.8 Å². The molecule has 0 unspecified atom stereocenters. The number of pyridine rings is 1. The number of benzene rings is 3. The van der Waals surface area contributed by atoms with Crippen molar-refractivity contribution in [2.75, 3.05) is 10.6 Å². The van der Waals surface area contributed by atoms with Crippen molar-refractivity contribution >= 4 is 28.3 Å². The number of nitriles is 1. The van der Waals surface area contributed by atoms with E-state index < -0.39 is 23.6 Å². The van der Waals surface area contributed by atoms with Gasteiger partial charge in [0.1, 0.15) is 17.6 Å². The van der Waals surface area contributed by atoms with E-state index in [2.05, 4.69) is 15.6 Å². The molecule has 33 heavy (non-hydrogen) atoms. The number of aromatic nitrogens is 1. The van der Waals surface area contributed by atoms with E-state index in [1.54, 1.807) is 36.4 Å². The molecule has 0 aliphatic rings. The zero-order chi connectivity index (χ0) is 23.6. The van der Waals surface area contributed by atoms with Crippen LogP contribution in [0.15, 0.2) is 72.8 Å². The average Bonchev–Trinajstić information content (AvgIpc) is 2.77. The summed E-state index contributed by atoms with van der Waals surface area (Å²) in [6, 6.07) is 17.8. The van der Waals surface area contributed by atoms with Gasteiger partial charge in [-0.1, -0.05) is 18.2 Å². The second-order valence-corrected chi connectivity index (χ2v) is 7.07. The Morgan fingerprint density at radius 1 is 0.909 bits per heavy atom. The summed E-state index contributed by atoms with van der Waals surface area (Å²) in [6.45, 7) is 0. The Labute approximate surface area is 185 Å². The molecule has 0 fully saturated rings. The first-order chi connectivity index (χ1) is 15.7. The Kier molecular flexibility index (Phi) is 5.67. The maximum Gasteiger partial charge on any atom is 0.416 e. The predicted molar refractivity (Wildman–Crippen MR) is 116 cm³/mol. The molecule has 0 saturated carbocycles. The van der Waals surface area contributed by atoms with Crippen LogP contribution >= 0.6 is 0 Å². The number of rotatable bonds is 3. The Bertz CT molecular complexity index is 1410. The minimum absolute atomic E-state index is 0.0145. The minimum atomic E-state index is -4.53. The van der Waals surface area contributed by atoms with Crippen molar-refractivity contribution in [3.63, 3.8) is 0 Å². The van der Waals surface area contributed by atoms with E-state index in [0.717, 1.165) is 12.1 Å². The third kappa shape index (κ3) is 4.91. The number of nitrogens with zero attached hydrogens (tertiary/aromatic N) is 2. The number of carbonyl (C=O) groups excluding carboxylic acids is 1. The highest BCUT2D eigenvalue weighted by Gasteiger charge is 2.30. The number of hydrogen-bond donors (Lipinski definition) is 2. The van der Waals surface area contributed by atoms with Crippen molar-refractivity contribution in [1.82, 2.24) is 4.98 Å². The maximum absolute atomic E-state index is 13.6. The van der Waals surface area contributed by atoms with Crippen LogP contribution in [0, 0.1) is 17.1 Å². The minimum Gasteiger partial charge on any atom is -0.308 e. The number of urea groups is 1. The van der Waals surface area contributed by atoms with Crippen LogP contribution in [0.2, 0.25) is 0 Å². The van der Waals surface area contributed by atoms with Gasteiger partial charge in [-0.25, -0.2) is 14.2 Å². The molecule has 0 bridgehead atoms. The molecule has 4 aromatic rings. The lowest BCUT2D eigenvalue weighted by Crippen LogP contribution is -2.19. The van der Waals surface area contributed by atoms with E-state index in [1.807, 2.05) is 6.07 Å². The van der Waals surface area contributed by atoms with Crippen molar-refractivity contribution in [3.8, 4) is 17.2 Å². The predicted octanol–water partition coefficient (Wildman–Crippen LogP) is 6.58. The van der Waals surface area contributed by atoms with Gasteiger partial charge in [-0.3, -0.25) is 0 Å².